The number of anilines is 2. The van der Waals surface area contributed by atoms with E-state index in [-0.39, 0.29) is 11.6 Å². The molecule has 0 radical (unpaired) electrons. The molecule has 0 unspecified atom stereocenters. The van der Waals surface area contributed by atoms with Crippen molar-refractivity contribution in [3.05, 3.63) is 47.4 Å². The van der Waals surface area contributed by atoms with Gasteiger partial charge in [0.1, 0.15) is 11.5 Å². The lowest BCUT2D eigenvalue weighted by Gasteiger charge is -2.09. The van der Waals surface area contributed by atoms with Crippen molar-refractivity contribution in [3.8, 4) is 0 Å². The number of aromatic nitrogens is 2. The van der Waals surface area contributed by atoms with Gasteiger partial charge in [-0.3, -0.25) is 4.79 Å². The van der Waals surface area contributed by atoms with Gasteiger partial charge in [-0.1, -0.05) is 17.7 Å². The summed E-state index contributed by atoms with van der Waals surface area (Å²) in [5.41, 5.74) is 3.22. The summed E-state index contributed by atoms with van der Waals surface area (Å²) < 4.78 is 4.94. The monoisotopic (exact) mass is 300 g/mol. The minimum absolute atomic E-state index is 0.275. The molecule has 1 heterocycles. The predicted molar refractivity (Wildman–Crippen MR) is 86.3 cm³/mol. The van der Waals surface area contributed by atoms with Gasteiger partial charge in [0.25, 0.3) is 5.91 Å². The highest BCUT2D eigenvalue weighted by Gasteiger charge is 2.10. The first-order valence-corrected chi connectivity index (χ1v) is 7.03. The van der Waals surface area contributed by atoms with Crippen molar-refractivity contribution in [2.75, 3.05) is 30.9 Å². The van der Waals surface area contributed by atoms with Crippen LogP contribution in [0.25, 0.3) is 0 Å². The van der Waals surface area contributed by atoms with Gasteiger partial charge in [0, 0.05) is 19.3 Å². The lowest BCUT2D eigenvalue weighted by molar-refractivity contribution is 0.102. The lowest BCUT2D eigenvalue weighted by atomic mass is 10.1. The van der Waals surface area contributed by atoms with Crippen LogP contribution in [0, 0.1) is 13.8 Å². The number of carbonyl (C=O) groups is 1. The molecule has 0 aliphatic rings. The number of hydrogen-bond donors (Lipinski definition) is 2. The van der Waals surface area contributed by atoms with Gasteiger partial charge in [0.2, 0.25) is 0 Å². The lowest BCUT2D eigenvalue weighted by Crippen LogP contribution is -2.16. The zero-order valence-corrected chi connectivity index (χ0v) is 13.0. The molecule has 116 valence electrons. The zero-order valence-electron chi connectivity index (χ0n) is 13.0. The number of benzene rings is 1. The second-order valence-corrected chi connectivity index (χ2v) is 4.98. The zero-order chi connectivity index (χ0) is 15.9. The van der Waals surface area contributed by atoms with Crippen molar-refractivity contribution in [3.63, 3.8) is 0 Å². The first-order valence-electron chi connectivity index (χ1n) is 7.03. The predicted octanol–water partition coefficient (Wildman–Crippen LogP) is 2.40. The van der Waals surface area contributed by atoms with Crippen LogP contribution in [0.5, 0.6) is 0 Å². The Kier molecular flexibility index (Phi) is 5.43. The summed E-state index contributed by atoms with van der Waals surface area (Å²) in [7, 11) is 1.63. The number of rotatable bonds is 6. The second-order valence-electron chi connectivity index (χ2n) is 4.98. The van der Waals surface area contributed by atoms with Gasteiger partial charge in [0.05, 0.1) is 19.0 Å². The Morgan fingerprint density at radius 2 is 2.05 bits per heavy atom. The van der Waals surface area contributed by atoms with E-state index in [1.807, 2.05) is 32.0 Å². The number of nitrogens with zero attached hydrogens (tertiary/aromatic N) is 2. The van der Waals surface area contributed by atoms with E-state index in [1.54, 1.807) is 7.11 Å². The fraction of sp³-hybridized carbons (Fsp3) is 0.312. The minimum Gasteiger partial charge on any atom is -0.383 e. The molecule has 22 heavy (non-hydrogen) atoms. The van der Waals surface area contributed by atoms with Gasteiger partial charge in [-0.05, 0) is 25.5 Å². The van der Waals surface area contributed by atoms with E-state index >= 15 is 0 Å². The highest BCUT2D eigenvalue weighted by Crippen LogP contribution is 2.16. The second kappa shape index (κ2) is 7.51. The van der Waals surface area contributed by atoms with E-state index in [0.717, 1.165) is 16.8 Å². The largest absolute Gasteiger partial charge is 0.383 e. The van der Waals surface area contributed by atoms with E-state index in [4.69, 9.17) is 4.74 Å². The maximum atomic E-state index is 12.2. The van der Waals surface area contributed by atoms with Crippen LogP contribution in [0.15, 0.2) is 30.6 Å². The molecule has 6 heteroatoms. The number of aryl methyl sites for hydroxylation is 2. The third-order valence-corrected chi connectivity index (χ3v) is 3.13. The summed E-state index contributed by atoms with van der Waals surface area (Å²) >= 11 is 0. The molecule has 1 aromatic carbocycles. The Morgan fingerprint density at radius 1 is 1.23 bits per heavy atom. The smallest absolute Gasteiger partial charge is 0.275 e. The summed E-state index contributed by atoms with van der Waals surface area (Å²) in [4.78, 5) is 20.5. The Morgan fingerprint density at radius 3 is 2.68 bits per heavy atom. The number of nitrogens with one attached hydrogen (secondary N) is 2. The molecule has 2 aromatic rings. The maximum absolute atomic E-state index is 12.2. The first-order chi connectivity index (χ1) is 10.6. The van der Waals surface area contributed by atoms with Crippen LogP contribution in [0.2, 0.25) is 0 Å². The van der Waals surface area contributed by atoms with E-state index < -0.39 is 0 Å². The molecule has 0 saturated carbocycles. The van der Waals surface area contributed by atoms with Crippen LogP contribution in [0.1, 0.15) is 21.6 Å². The molecule has 6 nitrogen and oxygen atoms in total. The summed E-state index contributed by atoms with van der Waals surface area (Å²) in [6, 6.07) is 5.86. The average Bonchev–Trinajstić information content (AvgIpc) is 2.51. The quantitative estimate of drug-likeness (QED) is 0.801. The molecule has 0 bridgehead atoms. The number of methoxy groups -OCH3 is 1. The fourth-order valence-corrected chi connectivity index (χ4v) is 1.96. The van der Waals surface area contributed by atoms with E-state index in [1.165, 1.54) is 12.4 Å². The van der Waals surface area contributed by atoms with E-state index in [0.29, 0.717) is 19.0 Å². The Bertz CT molecular complexity index is 641. The van der Waals surface area contributed by atoms with Gasteiger partial charge < -0.3 is 15.4 Å². The molecular formula is C16H20N4O2. The summed E-state index contributed by atoms with van der Waals surface area (Å²) in [6.45, 7) is 5.19. The maximum Gasteiger partial charge on any atom is 0.275 e. The van der Waals surface area contributed by atoms with Crippen LogP contribution in [-0.2, 0) is 4.74 Å². The Hall–Kier alpha value is -2.47. The number of ether oxygens (including phenoxy) is 1. The third kappa shape index (κ3) is 4.26. The van der Waals surface area contributed by atoms with Crippen LogP contribution < -0.4 is 10.6 Å². The minimum atomic E-state index is -0.275. The highest BCUT2D eigenvalue weighted by molar-refractivity contribution is 6.03. The molecule has 0 atom stereocenters. The SMILES string of the molecule is COCCNc1cnc(C(=O)Nc2ccc(C)cc2C)cn1. The van der Waals surface area contributed by atoms with Crippen molar-refractivity contribution in [1.82, 2.24) is 9.97 Å². The van der Waals surface area contributed by atoms with Crippen molar-refractivity contribution in [2.45, 2.75) is 13.8 Å². The topological polar surface area (TPSA) is 76.1 Å². The molecule has 0 saturated heterocycles. The van der Waals surface area contributed by atoms with Gasteiger partial charge >= 0.3 is 0 Å². The van der Waals surface area contributed by atoms with Gasteiger partial charge in [-0.2, -0.15) is 0 Å². The van der Waals surface area contributed by atoms with Crippen LogP contribution in [0.4, 0.5) is 11.5 Å². The number of hydrogen-bond acceptors (Lipinski definition) is 5. The Labute approximate surface area is 129 Å². The van der Waals surface area contributed by atoms with Gasteiger partial charge in [-0.15, -0.1) is 0 Å². The van der Waals surface area contributed by atoms with Crippen LogP contribution >= 0.6 is 0 Å². The van der Waals surface area contributed by atoms with E-state index in [2.05, 4.69) is 20.6 Å². The van der Waals surface area contributed by atoms with E-state index in [9.17, 15) is 4.79 Å². The summed E-state index contributed by atoms with van der Waals surface area (Å²) in [5.74, 6) is 0.336. The van der Waals surface area contributed by atoms with Gasteiger partial charge in [0.15, 0.2) is 0 Å². The molecule has 0 spiro atoms. The molecule has 0 fully saturated rings. The van der Waals surface area contributed by atoms with Crippen LogP contribution in [0.3, 0.4) is 0 Å². The molecule has 1 aromatic heterocycles. The van der Waals surface area contributed by atoms with Gasteiger partial charge in [-0.25, -0.2) is 9.97 Å². The molecule has 1 amide bonds. The van der Waals surface area contributed by atoms with Crippen molar-refractivity contribution in [2.24, 2.45) is 0 Å². The molecule has 2 rings (SSSR count). The highest BCUT2D eigenvalue weighted by atomic mass is 16.5. The van der Waals surface area contributed by atoms with Crippen molar-refractivity contribution in [1.29, 1.82) is 0 Å². The standard InChI is InChI=1S/C16H20N4O2/c1-11-4-5-13(12(2)8-11)20-16(21)14-9-19-15(10-18-14)17-6-7-22-3/h4-5,8-10H,6-7H2,1-3H3,(H,17,19)(H,20,21). The van der Waals surface area contributed by atoms with Crippen molar-refractivity contribution >= 4 is 17.4 Å². The Balaban J connectivity index is 2.00. The normalized spacial score (nSPS) is 10.3. The van der Waals surface area contributed by atoms with Crippen molar-refractivity contribution < 1.29 is 9.53 Å². The summed E-state index contributed by atoms with van der Waals surface area (Å²) in [5, 5.41) is 5.89. The molecular weight excluding hydrogens is 280 g/mol. The average molecular weight is 300 g/mol. The molecule has 0 aliphatic heterocycles. The number of amides is 1. The molecule has 2 N–H and O–H groups in total. The first kappa shape index (κ1) is 15.9. The number of carbonyl (C=O) groups excluding carboxylic acids is 1. The molecule has 0 aliphatic carbocycles. The third-order valence-electron chi connectivity index (χ3n) is 3.13. The summed E-state index contributed by atoms with van der Waals surface area (Å²) in [6.07, 6.45) is 2.99. The fourth-order valence-electron chi connectivity index (χ4n) is 1.96. The van der Waals surface area contributed by atoms with Crippen LogP contribution in [-0.4, -0.2) is 36.1 Å².